The molecule has 0 bridgehead atoms. The van der Waals surface area contributed by atoms with Crippen LogP contribution in [0.15, 0.2) is 60.7 Å². The molecule has 0 amide bonds. The van der Waals surface area contributed by atoms with E-state index in [1.165, 1.54) is 11.1 Å². The quantitative estimate of drug-likeness (QED) is 0.339. The van der Waals surface area contributed by atoms with Crippen LogP contribution in [0.25, 0.3) is 0 Å². The first-order valence-corrected chi connectivity index (χ1v) is 11.2. The zero-order valence-electron chi connectivity index (χ0n) is 17.4. The van der Waals surface area contributed by atoms with Gasteiger partial charge in [0.2, 0.25) is 0 Å². The topological polar surface area (TPSA) is 35.5 Å². The van der Waals surface area contributed by atoms with Crippen LogP contribution in [0, 0.1) is 5.92 Å². The Kier molecular flexibility index (Phi) is 9.25. The number of unbranched alkanes of at least 4 members (excludes halogenated alkanes) is 2. The van der Waals surface area contributed by atoms with E-state index < -0.39 is 0 Å². The molecule has 0 N–H and O–H groups in total. The molecule has 0 spiro atoms. The highest BCUT2D eigenvalue weighted by atomic mass is 16.5. The van der Waals surface area contributed by atoms with Crippen LogP contribution in [0.1, 0.15) is 56.1 Å². The van der Waals surface area contributed by atoms with Crippen LogP contribution in [0.4, 0.5) is 0 Å². The molecule has 1 saturated carbocycles. The second-order valence-electron chi connectivity index (χ2n) is 8.06. The molecule has 0 heterocycles. The summed E-state index contributed by atoms with van der Waals surface area (Å²) >= 11 is 0. The molecule has 0 radical (unpaired) electrons. The molecule has 3 rings (SSSR count). The Hall–Kier alpha value is -2.13. The van der Waals surface area contributed by atoms with E-state index in [1.54, 1.807) is 0 Å². The molecule has 0 aliphatic heterocycles. The molecule has 0 aromatic heterocycles. The normalized spacial score (nSPS) is 18.6. The molecule has 3 nitrogen and oxygen atoms in total. The molecule has 1 fully saturated rings. The Bertz CT molecular complexity index is 698. The van der Waals surface area contributed by atoms with E-state index in [9.17, 15) is 4.79 Å². The van der Waals surface area contributed by atoms with Gasteiger partial charge in [-0.2, -0.15) is 0 Å². The fourth-order valence-electron chi connectivity index (χ4n) is 4.00. The third kappa shape index (κ3) is 8.02. The third-order valence-electron chi connectivity index (χ3n) is 5.72. The van der Waals surface area contributed by atoms with Crippen molar-refractivity contribution >= 4 is 5.97 Å². The van der Waals surface area contributed by atoms with E-state index >= 15 is 0 Å². The number of aryl methyl sites for hydroxylation is 2. The van der Waals surface area contributed by atoms with E-state index in [2.05, 4.69) is 54.6 Å². The summed E-state index contributed by atoms with van der Waals surface area (Å²) < 4.78 is 11.5. The maximum atomic E-state index is 12.3. The van der Waals surface area contributed by atoms with Crippen molar-refractivity contribution in [1.29, 1.82) is 0 Å². The SMILES string of the molecule is O=C(OCCCCc1ccccc1)[C@H]1CC[C@H](OCCCCc2ccccc2)C1. The number of ether oxygens (including phenoxy) is 2. The summed E-state index contributed by atoms with van der Waals surface area (Å²) in [5, 5.41) is 0. The van der Waals surface area contributed by atoms with Gasteiger partial charge in [0.1, 0.15) is 0 Å². The molecule has 2 aromatic rings. The number of hydrogen-bond donors (Lipinski definition) is 0. The van der Waals surface area contributed by atoms with E-state index in [0.29, 0.717) is 6.61 Å². The summed E-state index contributed by atoms with van der Waals surface area (Å²) in [6.45, 7) is 1.33. The first-order chi connectivity index (χ1) is 14.3. The van der Waals surface area contributed by atoms with Gasteiger partial charge in [0.25, 0.3) is 0 Å². The maximum absolute atomic E-state index is 12.3. The fourth-order valence-corrected chi connectivity index (χ4v) is 4.00. The average molecular weight is 395 g/mol. The van der Waals surface area contributed by atoms with E-state index in [1.807, 2.05) is 6.07 Å². The van der Waals surface area contributed by atoms with Crippen molar-refractivity contribution in [3.63, 3.8) is 0 Å². The minimum Gasteiger partial charge on any atom is -0.465 e. The highest BCUT2D eigenvalue weighted by molar-refractivity contribution is 5.72. The number of benzene rings is 2. The largest absolute Gasteiger partial charge is 0.465 e. The molecule has 0 unspecified atom stereocenters. The molecule has 29 heavy (non-hydrogen) atoms. The van der Waals surface area contributed by atoms with Gasteiger partial charge in [-0.15, -0.1) is 0 Å². The number of esters is 1. The van der Waals surface area contributed by atoms with Crippen LogP contribution in [0.3, 0.4) is 0 Å². The zero-order valence-corrected chi connectivity index (χ0v) is 17.4. The molecule has 3 heteroatoms. The van der Waals surface area contributed by atoms with Gasteiger partial charge in [-0.3, -0.25) is 4.79 Å². The van der Waals surface area contributed by atoms with Gasteiger partial charge in [0.15, 0.2) is 0 Å². The Labute approximate surface area is 175 Å². The lowest BCUT2D eigenvalue weighted by Gasteiger charge is -2.13. The smallest absolute Gasteiger partial charge is 0.309 e. The van der Waals surface area contributed by atoms with Crippen LogP contribution >= 0.6 is 0 Å². The first-order valence-electron chi connectivity index (χ1n) is 11.2. The molecule has 0 saturated heterocycles. The third-order valence-corrected chi connectivity index (χ3v) is 5.72. The van der Waals surface area contributed by atoms with Crippen LogP contribution in [0.2, 0.25) is 0 Å². The van der Waals surface area contributed by atoms with E-state index in [-0.39, 0.29) is 18.0 Å². The van der Waals surface area contributed by atoms with Gasteiger partial charge in [-0.25, -0.2) is 0 Å². The summed E-state index contributed by atoms with van der Waals surface area (Å²) in [5.74, 6) is -0.00155. The Morgan fingerprint density at radius 2 is 1.34 bits per heavy atom. The highest BCUT2D eigenvalue weighted by Gasteiger charge is 2.31. The lowest BCUT2D eigenvalue weighted by Crippen LogP contribution is -2.18. The van der Waals surface area contributed by atoms with Gasteiger partial charge in [-0.1, -0.05) is 60.7 Å². The molecule has 2 atom stereocenters. The lowest BCUT2D eigenvalue weighted by atomic mass is 10.1. The molecule has 156 valence electrons. The number of hydrogen-bond acceptors (Lipinski definition) is 3. The first kappa shape index (κ1) is 21.6. The minimum atomic E-state index is -0.0279. The van der Waals surface area contributed by atoms with E-state index in [0.717, 1.165) is 64.4 Å². The summed E-state index contributed by atoms with van der Waals surface area (Å²) in [7, 11) is 0. The average Bonchev–Trinajstić information content (AvgIpc) is 3.24. The van der Waals surface area contributed by atoms with Crippen LogP contribution in [-0.2, 0) is 27.1 Å². The van der Waals surface area contributed by atoms with Crippen LogP contribution < -0.4 is 0 Å². The Morgan fingerprint density at radius 1 is 0.759 bits per heavy atom. The standard InChI is InChI=1S/C26H34O3/c27-26(29-20-10-8-16-23-13-5-2-6-14-23)24-17-18-25(21-24)28-19-9-7-15-22-11-3-1-4-12-22/h1-6,11-14,24-25H,7-10,15-21H2/t24-,25-/m0/s1. The van der Waals surface area contributed by atoms with Gasteiger partial charge in [-0.05, 0) is 68.9 Å². The Morgan fingerprint density at radius 3 is 1.97 bits per heavy atom. The molecular weight excluding hydrogens is 360 g/mol. The van der Waals surface area contributed by atoms with Gasteiger partial charge in [0, 0.05) is 6.61 Å². The summed E-state index contributed by atoms with van der Waals surface area (Å²) in [5.41, 5.74) is 2.73. The summed E-state index contributed by atoms with van der Waals surface area (Å²) in [6.07, 6.45) is 9.27. The van der Waals surface area contributed by atoms with Crippen molar-refractivity contribution in [2.75, 3.05) is 13.2 Å². The predicted molar refractivity (Wildman–Crippen MR) is 117 cm³/mol. The lowest BCUT2D eigenvalue weighted by molar-refractivity contribution is -0.148. The van der Waals surface area contributed by atoms with Gasteiger partial charge >= 0.3 is 5.97 Å². The summed E-state index contributed by atoms with van der Waals surface area (Å²) in [4.78, 5) is 12.3. The van der Waals surface area contributed by atoms with Gasteiger partial charge < -0.3 is 9.47 Å². The second kappa shape index (κ2) is 12.4. The Balaban J connectivity index is 1.20. The van der Waals surface area contributed by atoms with Crippen molar-refractivity contribution in [2.45, 2.75) is 63.9 Å². The number of rotatable bonds is 12. The fraction of sp³-hybridized carbons (Fsp3) is 0.500. The van der Waals surface area contributed by atoms with E-state index in [4.69, 9.17) is 9.47 Å². The maximum Gasteiger partial charge on any atom is 0.309 e. The second-order valence-corrected chi connectivity index (χ2v) is 8.06. The van der Waals surface area contributed by atoms with Crippen LogP contribution in [0.5, 0.6) is 0 Å². The highest BCUT2D eigenvalue weighted by Crippen LogP contribution is 2.29. The van der Waals surface area contributed by atoms with Crippen molar-refractivity contribution in [3.8, 4) is 0 Å². The number of carbonyl (C=O) groups is 1. The van der Waals surface area contributed by atoms with Crippen molar-refractivity contribution in [3.05, 3.63) is 71.8 Å². The monoisotopic (exact) mass is 394 g/mol. The molecule has 1 aliphatic carbocycles. The van der Waals surface area contributed by atoms with Crippen LogP contribution in [-0.4, -0.2) is 25.3 Å². The van der Waals surface area contributed by atoms with Crippen molar-refractivity contribution in [1.82, 2.24) is 0 Å². The minimum absolute atomic E-state index is 0.0263. The zero-order chi connectivity index (χ0) is 20.2. The van der Waals surface area contributed by atoms with Crippen molar-refractivity contribution < 1.29 is 14.3 Å². The molecular formula is C26H34O3. The molecule has 1 aliphatic rings. The summed E-state index contributed by atoms with van der Waals surface area (Å²) in [6, 6.07) is 21.0. The van der Waals surface area contributed by atoms with Crippen molar-refractivity contribution in [2.24, 2.45) is 5.92 Å². The predicted octanol–water partition coefficient (Wildman–Crippen LogP) is 5.76. The van der Waals surface area contributed by atoms with Gasteiger partial charge in [0.05, 0.1) is 18.6 Å². The number of carbonyl (C=O) groups excluding carboxylic acids is 1. The molecule has 2 aromatic carbocycles.